The molecule has 0 radical (unpaired) electrons. The summed E-state index contributed by atoms with van der Waals surface area (Å²) >= 11 is 12.1. The zero-order valence-electron chi connectivity index (χ0n) is 14.8. The molecule has 2 aromatic rings. The number of esters is 1. The van der Waals surface area contributed by atoms with Crippen LogP contribution in [-0.4, -0.2) is 30.1 Å². The Hall–Kier alpha value is -2.51. The van der Waals surface area contributed by atoms with Gasteiger partial charge < -0.3 is 14.5 Å². The van der Waals surface area contributed by atoms with Crippen LogP contribution in [0.4, 0.5) is 4.79 Å². The van der Waals surface area contributed by atoms with Gasteiger partial charge >= 0.3 is 12.0 Å². The largest absolute Gasteiger partial charge is 0.449 e. The van der Waals surface area contributed by atoms with E-state index >= 15 is 0 Å². The Bertz CT molecular complexity index is 863. The number of rotatable bonds is 5. The standard InChI is InChI=1S/C18H18Cl2N2O5/c1-9(2)21-18(25)22-16(23)10(3)26-17(24)14-8-7-13(27-14)11-5-4-6-12(19)15(11)20/h4-10H,1-3H3,(H2,21,22,23,25)/t10-/m0/s1. The molecule has 0 unspecified atom stereocenters. The van der Waals surface area contributed by atoms with Gasteiger partial charge in [-0.3, -0.25) is 10.1 Å². The van der Waals surface area contributed by atoms with Crippen LogP contribution in [0, 0.1) is 0 Å². The molecule has 1 heterocycles. The number of carbonyl (C=O) groups is 3. The minimum Gasteiger partial charge on any atom is -0.449 e. The summed E-state index contributed by atoms with van der Waals surface area (Å²) in [4.78, 5) is 35.6. The molecular formula is C18H18Cl2N2O5. The quantitative estimate of drug-likeness (QED) is 0.722. The third kappa shape index (κ3) is 5.48. The highest BCUT2D eigenvalue weighted by Crippen LogP contribution is 2.34. The van der Waals surface area contributed by atoms with Gasteiger partial charge in [0, 0.05) is 11.6 Å². The molecule has 27 heavy (non-hydrogen) atoms. The van der Waals surface area contributed by atoms with E-state index in [1.165, 1.54) is 19.1 Å². The number of ether oxygens (including phenoxy) is 1. The number of halogens is 2. The van der Waals surface area contributed by atoms with Gasteiger partial charge in [-0.15, -0.1) is 0 Å². The number of amides is 3. The molecule has 1 aromatic carbocycles. The van der Waals surface area contributed by atoms with Crippen molar-refractivity contribution in [2.45, 2.75) is 32.9 Å². The van der Waals surface area contributed by atoms with Crippen LogP contribution in [0.2, 0.25) is 10.0 Å². The first kappa shape index (κ1) is 20.8. The minimum absolute atomic E-state index is 0.118. The van der Waals surface area contributed by atoms with E-state index in [-0.39, 0.29) is 16.8 Å². The van der Waals surface area contributed by atoms with Crippen molar-refractivity contribution in [2.24, 2.45) is 0 Å². The van der Waals surface area contributed by atoms with Crippen LogP contribution in [0.1, 0.15) is 31.3 Å². The van der Waals surface area contributed by atoms with Crippen molar-refractivity contribution in [1.82, 2.24) is 10.6 Å². The van der Waals surface area contributed by atoms with E-state index in [0.717, 1.165) is 0 Å². The topological polar surface area (TPSA) is 97.6 Å². The number of hydrogen-bond acceptors (Lipinski definition) is 5. The Morgan fingerprint density at radius 2 is 1.78 bits per heavy atom. The van der Waals surface area contributed by atoms with Gasteiger partial charge in [0.15, 0.2) is 6.10 Å². The molecule has 7 nitrogen and oxygen atoms in total. The average molecular weight is 413 g/mol. The number of urea groups is 1. The van der Waals surface area contributed by atoms with Crippen LogP contribution < -0.4 is 10.6 Å². The number of hydrogen-bond donors (Lipinski definition) is 2. The van der Waals surface area contributed by atoms with Gasteiger partial charge in [0.25, 0.3) is 5.91 Å². The summed E-state index contributed by atoms with van der Waals surface area (Å²) in [6.45, 7) is 4.83. The lowest BCUT2D eigenvalue weighted by Gasteiger charge is -2.13. The molecule has 0 fully saturated rings. The number of benzene rings is 1. The normalized spacial score (nSPS) is 11.8. The van der Waals surface area contributed by atoms with Crippen molar-refractivity contribution >= 4 is 41.1 Å². The smallest absolute Gasteiger partial charge is 0.375 e. The van der Waals surface area contributed by atoms with Gasteiger partial charge in [-0.1, -0.05) is 29.3 Å². The molecule has 0 bridgehead atoms. The monoisotopic (exact) mass is 412 g/mol. The molecule has 1 aromatic heterocycles. The fourth-order valence-electron chi connectivity index (χ4n) is 2.07. The van der Waals surface area contributed by atoms with Crippen LogP contribution in [0.25, 0.3) is 11.3 Å². The molecular weight excluding hydrogens is 395 g/mol. The lowest BCUT2D eigenvalue weighted by molar-refractivity contribution is -0.128. The predicted octanol–water partition coefficient (Wildman–Crippen LogP) is 4.03. The summed E-state index contributed by atoms with van der Waals surface area (Å²) in [5.41, 5.74) is 0.513. The first-order chi connectivity index (χ1) is 12.7. The second-order valence-electron chi connectivity index (χ2n) is 5.93. The van der Waals surface area contributed by atoms with Crippen molar-refractivity contribution in [3.63, 3.8) is 0 Å². The summed E-state index contributed by atoms with van der Waals surface area (Å²) < 4.78 is 10.5. The first-order valence-electron chi connectivity index (χ1n) is 8.05. The number of nitrogens with one attached hydrogen (secondary N) is 2. The Morgan fingerprint density at radius 3 is 2.44 bits per heavy atom. The van der Waals surface area contributed by atoms with E-state index in [1.54, 1.807) is 32.0 Å². The molecule has 0 spiro atoms. The van der Waals surface area contributed by atoms with Crippen LogP contribution in [0.5, 0.6) is 0 Å². The molecule has 0 aliphatic heterocycles. The fraction of sp³-hybridized carbons (Fsp3) is 0.278. The molecule has 2 N–H and O–H groups in total. The molecule has 0 aliphatic carbocycles. The highest BCUT2D eigenvalue weighted by molar-refractivity contribution is 6.43. The second kappa shape index (κ2) is 8.92. The second-order valence-corrected chi connectivity index (χ2v) is 6.72. The van der Waals surface area contributed by atoms with Gasteiger partial charge in [0.2, 0.25) is 5.76 Å². The third-order valence-electron chi connectivity index (χ3n) is 3.33. The Kier molecular flexibility index (Phi) is 6.87. The van der Waals surface area contributed by atoms with E-state index in [0.29, 0.717) is 16.3 Å². The van der Waals surface area contributed by atoms with E-state index in [4.69, 9.17) is 32.4 Å². The predicted molar refractivity (Wildman–Crippen MR) is 101 cm³/mol. The highest BCUT2D eigenvalue weighted by atomic mass is 35.5. The summed E-state index contributed by atoms with van der Waals surface area (Å²) in [5, 5.41) is 5.21. The van der Waals surface area contributed by atoms with Gasteiger partial charge in [-0.05, 0) is 45.0 Å². The van der Waals surface area contributed by atoms with Crippen LogP contribution in [-0.2, 0) is 9.53 Å². The van der Waals surface area contributed by atoms with Crippen molar-refractivity contribution in [1.29, 1.82) is 0 Å². The molecule has 1 atom stereocenters. The average Bonchev–Trinajstić information content (AvgIpc) is 3.06. The number of furan rings is 1. The molecule has 2 rings (SSSR count). The fourth-order valence-corrected chi connectivity index (χ4v) is 2.46. The van der Waals surface area contributed by atoms with E-state index in [2.05, 4.69) is 10.6 Å². The maximum atomic E-state index is 12.2. The Balaban J connectivity index is 2.02. The maximum absolute atomic E-state index is 12.2. The van der Waals surface area contributed by atoms with E-state index in [1.807, 2.05) is 0 Å². The minimum atomic E-state index is -1.20. The molecule has 144 valence electrons. The van der Waals surface area contributed by atoms with E-state index in [9.17, 15) is 14.4 Å². The lowest BCUT2D eigenvalue weighted by Crippen LogP contribution is -2.46. The van der Waals surface area contributed by atoms with Crippen LogP contribution in [0.3, 0.4) is 0 Å². The highest BCUT2D eigenvalue weighted by Gasteiger charge is 2.23. The molecule has 0 aliphatic rings. The molecule has 0 saturated heterocycles. The zero-order valence-corrected chi connectivity index (χ0v) is 16.4. The van der Waals surface area contributed by atoms with Gasteiger partial charge in [0.05, 0.1) is 10.0 Å². The molecule has 0 saturated carbocycles. The van der Waals surface area contributed by atoms with Gasteiger partial charge in [-0.2, -0.15) is 0 Å². The maximum Gasteiger partial charge on any atom is 0.375 e. The van der Waals surface area contributed by atoms with Gasteiger partial charge in [0.1, 0.15) is 5.76 Å². The zero-order chi connectivity index (χ0) is 20.1. The lowest BCUT2D eigenvalue weighted by atomic mass is 10.2. The summed E-state index contributed by atoms with van der Waals surface area (Å²) in [7, 11) is 0. The van der Waals surface area contributed by atoms with Crippen molar-refractivity contribution in [3.8, 4) is 11.3 Å². The first-order valence-corrected chi connectivity index (χ1v) is 8.81. The third-order valence-corrected chi connectivity index (χ3v) is 4.15. The van der Waals surface area contributed by atoms with E-state index < -0.39 is 24.0 Å². The summed E-state index contributed by atoms with van der Waals surface area (Å²) in [6.07, 6.45) is -1.20. The van der Waals surface area contributed by atoms with Crippen molar-refractivity contribution in [3.05, 3.63) is 46.1 Å². The molecule has 3 amide bonds. The van der Waals surface area contributed by atoms with Gasteiger partial charge in [-0.25, -0.2) is 9.59 Å². The SMILES string of the molecule is CC(C)NC(=O)NC(=O)[C@H](C)OC(=O)c1ccc(-c2cccc(Cl)c2Cl)o1. The number of imide groups is 1. The molecule has 9 heteroatoms. The number of carbonyl (C=O) groups excluding carboxylic acids is 3. The summed E-state index contributed by atoms with van der Waals surface area (Å²) in [6, 6.07) is 7.12. The Morgan fingerprint density at radius 1 is 1.07 bits per heavy atom. The Labute approximate surface area is 166 Å². The van der Waals surface area contributed by atoms with Crippen molar-refractivity contribution < 1.29 is 23.5 Å². The van der Waals surface area contributed by atoms with Crippen LogP contribution in [0.15, 0.2) is 34.7 Å². The van der Waals surface area contributed by atoms with Crippen LogP contribution >= 0.6 is 23.2 Å². The summed E-state index contributed by atoms with van der Waals surface area (Å²) in [5.74, 6) is -1.41. The van der Waals surface area contributed by atoms with Crippen molar-refractivity contribution in [2.75, 3.05) is 0 Å².